The third kappa shape index (κ3) is 4.21. The summed E-state index contributed by atoms with van der Waals surface area (Å²) in [6, 6.07) is 13.7. The molecule has 1 aliphatic rings. The number of benzene rings is 2. The zero-order chi connectivity index (χ0) is 21.1. The number of rotatable bonds is 6. The van der Waals surface area contributed by atoms with Gasteiger partial charge in [0, 0.05) is 18.1 Å². The zero-order valence-corrected chi connectivity index (χ0v) is 18.1. The van der Waals surface area contributed by atoms with Gasteiger partial charge in [-0.05, 0) is 56.2 Å². The van der Waals surface area contributed by atoms with Crippen LogP contribution < -0.4 is 4.74 Å². The Kier molecular flexibility index (Phi) is 6.08. The lowest BCUT2D eigenvalue weighted by molar-refractivity contribution is 0.265. The number of halogens is 1. The van der Waals surface area contributed by atoms with Crippen molar-refractivity contribution in [3.05, 3.63) is 59.4 Å². The Morgan fingerprint density at radius 3 is 2.73 bits per heavy atom. The average Bonchev–Trinajstić information content (AvgIpc) is 3.25. The first-order valence-corrected chi connectivity index (χ1v) is 11.6. The van der Waals surface area contributed by atoms with E-state index in [0.717, 1.165) is 12.0 Å². The van der Waals surface area contributed by atoms with Gasteiger partial charge in [-0.25, -0.2) is 8.42 Å². The first kappa shape index (κ1) is 20.8. The molecule has 1 saturated heterocycles. The van der Waals surface area contributed by atoms with E-state index in [9.17, 15) is 8.42 Å². The molecule has 7 nitrogen and oxygen atoms in total. The molecule has 158 valence electrons. The molecule has 0 radical (unpaired) electrons. The van der Waals surface area contributed by atoms with Crippen LogP contribution in [0.3, 0.4) is 0 Å². The van der Waals surface area contributed by atoms with Crippen LogP contribution in [0, 0.1) is 0 Å². The van der Waals surface area contributed by atoms with Gasteiger partial charge in [-0.3, -0.25) is 0 Å². The average molecular weight is 448 g/mol. The Bertz CT molecular complexity index is 1120. The van der Waals surface area contributed by atoms with Crippen molar-refractivity contribution in [2.75, 3.05) is 19.7 Å². The van der Waals surface area contributed by atoms with Crippen molar-refractivity contribution in [3.8, 4) is 17.1 Å². The summed E-state index contributed by atoms with van der Waals surface area (Å²) in [6.45, 7) is 3.19. The van der Waals surface area contributed by atoms with Gasteiger partial charge in [-0.2, -0.15) is 9.29 Å². The van der Waals surface area contributed by atoms with Crippen molar-refractivity contribution in [1.82, 2.24) is 14.4 Å². The second-order valence-electron chi connectivity index (χ2n) is 7.04. The summed E-state index contributed by atoms with van der Waals surface area (Å²) in [5.41, 5.74) is 0.746. The van der Waals surface area contributed by atoms with Crippen LogP contribution >= 0.6 is 11.6 Å². The monoisotopic (exact) mass is 447 g/mol. The van der Waals surface area contributed by atoms with Crippen LogP contribution in [-0.2, 0) is 10.0 Å². The molecule has 30 heavy (non-hydrogen) atoms. The summed E-state index contributed by atoms with van der Waals surface area (Å²) < 4.78 is 38.7. The van der Waals surface area contributed by atoms with Crippen LogP contribution in [0.5, 0.6) is 5.75 Å². The largest absolute Gasteiger partial charge is 0.493 e. The van der Waals surface area contributed by atoms with E-state index in [1.165, 1.54) is 16.4 Å². The van der Waals surface area contributed by atoms with Gasteiger partial charge in [0.15, 0.2) is 0 Å². The summed E-state index contributed by atoms with van der Waals surface area (Å²) >= 11 is 5.89. The molecular weight excluding hydrogens is 426 g/mol. The number of ether oxygens (including phenoxy) is 1. The molecule has 2 heterocycles. The van der Waals surface area contributed by atoms with E-state index in [2.05, 4.69) is 10.1 Å². The molecule has 2 aromatic carbocycles. The number of para-hydroxylation sites is 1. The van der Waals surface area contributed by atoms with Gasteiger partial charge in [-0.1, -0.05) is 28.9 Å². The van der Waals surface area contributed by atoms with E-state index in [1.54, 1.807) is 12.1 Å². The van der Waals surface area contributed by atoms with Crippen LogP contribution in [0.2, 0.25) is 5.02 Å². The minimum atomic E-state index is -3.61. The van der Waals surface area contributed by atoms with Crippen LogP contribution in [0.25, 0.3) is 11.4 Å². The fourth-order valence-electron chi connectivity index (χ4n) is 3.56. The molecule has 0 saturated carbocycles. The van der Waals surface area contributed by atoms with Crippen LogP contribution in [-0.4, -0.2) is 42.6 Å². The van der Waals surface area contributed by atoms with Crippen molar-refractivity contribution < 1.29 is 17.7 Å². The number of hydrogen-bond donors (Lipinski definition) is 0. The van der Waals surface area contributed by atoms with Gasteiger partial charge in [0.05, 0.1) is 23.0 Å². The molecule has 0 unspecified atom stereocenters. The van der Waals surface area contributed by atoms with E-state index in [4.69, 9.17) is 20.9 Å². The first-order chi connectivity index (χ1) is 14.5. The molecule has 1 atom stereocenters. The maximum atomic E-state index is 13.0. The number of aromatic nitrogens is 2. The molecule has 4 rings (SSSR count). The summed E-state index contributed by atoms with van der Waals surface area (Å²) in [6.07, 6.45) is 1.49. The van der Waals surface area contributed by atoms with Gasteiger partial charge in [0.25, 0.3) is 0 Å². The summed E-state index contributed by atoms with van der Waals surface area (Å²) in [5, 5.41) is 4.61. The lowest BCUT2D eigenvalue weighted by atomic mass is 10.00. The van der Waals surface area contributed by atoms with Crippen molar-refractivity contribution in [1.29, 1.82) is 0 Å². The summed E-state index contributed by atoms with van der Waals surface area (Å²) in [5.74, 6) is 1.39. The molecule has 3 aromatic rings. The van der Waals surface area contributed by atoms with Crippen molar-refractivity contribution in [2.24, 2.45) is 0 Å². The Balaban J connectivity index is 1.55. The van der Waals surface area contributed by atoms with E-state index in [0.29, 0.717) is 48.6 Å². The van der Waals surface area contributed by atoms with Crippen LogP contribution in [0.4, 0.5) is 0 Å². The first-order valence-electron chi connectivity index (χ1n) is 9.80. The van der Waals surface area contributed by atoms with Gasteiger partial charge >= 0.3 is 0 Å². The van der Waals surface area contributed by atoms with Crippen molar-refractivity contribution in [2.45, 2.75) is 30.6 Å². The topological polar surface area (TPSA) is 85.5 Å². The highest BCUT2D eigenvalue weighted by molar-refractivity contribution is 7.89. The molecule has 0 aliphatic carbocycles. The molecule has 1 aromatic heterocycles. The molecule has 0 bridgehead atoms. The Morgan fingerprint density at radius 2 is 1.97 bits per heavy atom. The lowest BCUT2D eigenvalue weighted by Crippen LogP contribution is -2.39. The Morgan fingerprint density at radius 1 is 1.20 bits per heavy atom. The molecule has 9 heteroatoms. The highest BCUT2D eigenvalue weighted by Crippen LogP contribution is 2.33. The molecule has 1 fully saturated rings. The van der Waals surface area contributed by atoms with Gasteiger partial charge in [0.2, 0.25) is 21.7 Å². The maximum absolute atomic E-state index is 13.0. The smallest absolute Gasteiger partial charge is 0.243 e. The van der Waals surface area contributed by atoms with Gasteiger partial charge in [-0.15, -0.1) is 0 Å². The van der Waals surface area contributed by atoms with Gasteiger partial charge in [0.1, 0.15) is 5.75 Å². The third-order valence-corrected chi connectivity index (χ3v) is 7.19. The second-order valence-corrected chi connectivity index (χ2v) is 9.42. The van der Waals surface area contributed by atoms with Crippen molar-refractivity contribution >= 4 is 21.6 Å². The zero-order valence-electron chi connectivity index (χ0n) is 16.5. The van der Waals surface area contributed by atoms with Crippen LogP contribution in [0.15, 0.2) is 57.9 Å². The minimum absolute atomic E-state index is 0.165. The fourth-order valence-corrected chi connectivity index (χ4v) is 5.21. The van der Waals surface area contributed by atoms with Crippen LogP contribution in [0.1, 0.15) is 31.6 Å². The predicted octanol–water partition coefficient (Wildman–Crippen LogP) is 4.36. The summed E-state index contributed by atoms with van der Waals surface area (Å²) in [7, 11) is -3.61. The minimum Gasteiger partial charge on any atom is -0.493 e. The Labute approximate surface area is 180 Å². The van der Waals surface area contributed by atoms with E-state index < -0.39 is 10.0 Å². The highest BCUT2D eigenvalue weighted by atomic mass is 35.5. The van der Waals surface area contributed by atoms with E-state index in [-0.39, 0.29) is 10.8 Å². The number of nitrogens with zero attached hydrogens (tertiary/aromatic N) is 3. The van der Waals surface area contributed by atoms with E-state index >= 15 is 0 Å². The summed E-state index contributed by atoms with van der Waals surface area (Å²) in [4.78, 5) is 4.78. The molecule has 0 amide bonds. The lowest BCUT2D eigenvalue weighted by Gasteiger charge is -2.30. The van der Waals surface area contributed by atoms with Crippen molar-refractivity contribution in [3.63, 3.8) is 0 Å². The Hall–Kier alpha value is -2.42. The molecule has 1 aliphatic heterocycles. The second kappa shape index (κ2) is 8.75. The fraction of sp³-hybridized carbons (Fsp3) is 0.333. The maximum Gasteiger partial charge on any atom is 0.243 e. The van der Waals surface area contributed by atoms with Gasteiger partial charge < -0.3 is 9.26 Å². The number of hydrogen-bond acceptors (Lipinski definition) is 6. The molecule has 0 spiro atoms. The highest BCUT2D eigenvalue weighted by Gasteiger charge is 2.33. The van der Waals surface area contributed by atoms with E-state index in [1.807, 2.05) is 31.2 Å². The SMILES string of the molecule is CCOc1ccccc1-c1noc([C@H]2CCCN(S(=O)(=O)c3ccc(Cl)cc3)C2)n1. The third-order valence-electron chi connectivity index (χ3n) is 5.05. The quantitative estimate of drug-likeness (QED) is 0.558. The normalized spacial score (nSPS) is 17.7. The standard InChI is InChI=1S/C21H22ClN3O4S/c1-2-28-19-8-4-3-7-18(19)20-23-21(29-24-20)15-6-5-13-25(14-15)30(26,27)17-11-9-16(22)10-12-17/h3-4,7-12,15H,2,5-6,13-14H2,1H3/t15-/m0/s1. The predicted molar refractivity (Wildman–Crippen MR) is 113 cm³/mol. The molecular formula is C21H22ClN3O4S. The molecule has 0 N–H and O–H groups in total. The number of sulfonamides is 1. The number of piperidine rings is 1.